The van der Waals surface area contributed by atoms with Crippen molar-refractivity contribution in [3.63, 3.8) is 0 Å². The lowest BCUT2D eigenvalue weighted by Crippen LogP contribution is -2.45. The zero-order chi connectivity index (χ0) is 22.9. The van der Waals surface area contributed by atoms with E-state index in [9.17, 15) is 26.4 Å². The van der Waals surface area contributed by atoms with Gasteiger partial charge in [-0.15, -0.1) is 13.2 Å². The number of carbonyl (C=O) groups excluding carboxylic acids is 1. The standard InChI is InChI=1S/C21H19F3N2O5S/c22-21(23,24)31-18-10-4-2-7-15(18)13-25-20(27)16-8-5-11-26(16)32(28,29)19-12-14-6-1-3-9-17(14)30-19/h1-4,6-7,9-10,12,16H,5,8,11,13H2,(H,25,27). The molecule has 1 aliphatic rings. The van der Waals surface area contributed by atoms with Crippen LogP contribution in [0.2, 0.25) is 0 Å². The second-order valence-corrected chi connectivity index (χ2v) is 9.07. The average Bonchev–Trinajstić information content (AvgIpc) is 3.39. The number of furan rings is 1. The Labute approximate surface area is 181 Å². The van der Waals surface area contributed by atoms with Gasteiger partial charge in [-0.25, -0.2) is 8.42 Å². The van der Waals surface area contributed by atoms with Crippen molar-refractivity contribution in [2.75, 3.05) is 6.54 Å². The predicted octanol–water partition coefficient (Wildman–Crippen LogP) is 3.80. The van der Waals surface area contributed by atoms with Crippen molar-refractivity contribution in [3.05, 3.63) is 60.2 Å². The summed E-state index contributed by atoms with van der Waals surface area (Å²) >= 11 is 0. The molecule has 1 atom stereocenters. The number of amides is 1. The van der Waals surface area contributed by atoms with Gasteiger partial charge in [0, 0.05) is 30.1 Å². The lowest BCUT2D eigenvalue weighted by Gasteiger charge is -2.22. The molecule has 1 aliphatic heterocycles. The topological polar surface area (TPSA) is 88.9 Å². The number of halogens is 3. The van der Waals surface area contributed by atoms with Crippen LogP contribution in [-0.4, -0.2) is 37.6 Å². The molecule has 2 aromatic carbocycles. The van der Waals surface area contributed by atoms with E-state index < -0.39 is 34.1 Å². The predicted molar refractivity (Wildman–Crippen MR) is 108 cm³/mol. The molecule has 1 unspecified atom stereocenters. The minimum Gasteiger partial charge on any atom is -0.443 e. The second-order valence-electron chi connectivity index (χ2n) is 7.25. The van der Waals surface area contributed by atoms with Gasteiger partial charge in [-0.1, -0.05) is 36.4 Å². The van der Waals surface area contributed by atoms with Crippen molar-refractivity contribution < 1.29 is 35.5 Å². The van der Waals surface area contributed by atoms with Crippen molar-refractivity contribution in [3.8, 4) is 5.75 Å². The highest BCUT2D eigenvalue weighted by atomic mass is 32.2. The molecule has 2 heterocycles. The first-order chi connectivity index (χ1) is 15.1. The number of fused-ring (bicyclic) bond motifs is 1. The van der Waals surface area contributed by atoms with Gasteiger partial charge >= 0.3 is 6.36 Å². The average molecular weight is 468 g/mol. The van der Waals surface area contributed by atoms with Gasteiger partial charge in [0.1, 0.15) is 17.4 Å². The van der Waals surface area contributed by atoms with Gasteiger partial charge in [0.25, 0.3) is 10.0 Å². The largest absolute Gasteiger partial charge is 0.573 e. The molecule has 0 bridgehead atoms. The highest BCUT2D eigenvalue weighted by Crippen LogP contribution is 2.30. The van der Waals surface area contributed by atoms with Crippen LogP contribution in [0, 0.1) is 0 Å². The fraction of sp³-hybridized carbons (Fsp3) is 0.286. The molecular weight excluding hydrogens is 449 g/mol. The summed E-state index contributed by atoms with van der Waals surface area (Å²) in [7, 11) is -4.08. The SMILES string of the molecule is O=C(NCc1ccccc1OC(F)(F)F)C1CCCN1S(=O)(=O)c1cc2ccccc2o1. The third kappa shape index (κ3) is 4.58. The number of nitrogens with zero attached hydrogens (tertiary/aromatic N) is 1. The van der Waals surface area contributed by atoms with E-state index in [0.717, 1.165) is 10.4 Å². The Morgan fingerprint density at radius 3 is 2.62 bits per heavy atom. The number of nitrogens with one attached hydrogen (secondary N) is 1. The highest BCUT2D eigenvalue weighted by molar-refractivity contribution is 7.89. The van der Waals surface area contributed by atoms with E-state index in [-0.39, 0.29) is 30.2 Å². The van der Waals surface area contributed by atoms with Gasteiger partial charge in [-0.05, 0) is 25.0 Å². The van der Waals surface area contributed by atoms with Gasteiger partial charge in [0.2, 0.25) is 11.0 Å². The summed E-state index contributed by atoms with van der Waals surface area (Å²) in [5.41, 5.74) is 0.524. The van der Waals surface area contributed by atoms with Gasteiger partial charge in [0.15, 0.2) is 0 Å². The molecule has 0 saturated carbocycles. The van der Waals surface area contributed by atoms with Crippen molar-refractivity contribution in [2.45, 2.75) is 36.9 Å². The van der Waals surface area contributed by atoms with Gasteiger partial charge in [-0.3, -0.25) is 4.79 Å². The molecule has 7 nitrogen and oxygen atoms in total. The summed E-state index contributed by atoms with van der Waals surface area (Å²) < 4.78 is 74.5. The highest BCUT2D eigenvalue weighted by Gasteiger charge is 2.41. The van der Waals surface area contributed by atoms with E-state index in [2.05, 4.69) is 10.1 Å². The van der Waals surface area contributed by atoms with Crippen molar-refractivity contribution in [1.29, 1.82) is 0 Å². The first-order valence-electron chi connectivity index (χ1n) is 9.77. The molecule has 4 rings (SSSR count). The number of benzene rings is 2. The molecule has 0 spiro atoms. The summed E-state index contributed by atoms with van der Waals surface area (Å²) in [6.07, 6.45) is -4.12. The van der Waals surface area contributed by atoms with Crippen molar-refractivity contribution in [1.82, 2.24) is 9.62 Å². The normalized spacial score (nSPS) is 17.5. The number of hydrogen-bond acceptors (Lipinski definition) is 5. The Kier molecular flexibility index (Phi) is 5.87. The first-order valence-corrected chi connectivity index (χ1v) is 11.2. The Balaban J connectivity index is 1.50. The molecule has 1 aromatic heterocycles. The molecule has 170 valence electrons. The van der Waals surface area contributed by atoms with Crippen molar-refractivity contribution in [2.24, 2.45) is 0 Å². The first kappa shape index (κ1) is 22.2. The van der Waals surface area contributed by atoms with E-state index in [1.165, 1.54) is 24.3 Å². The maximum Gasteiger partial charge on any atom is 0.573 e. The molecule has 1 saturated heterocycles. The zero-order valence-electron chi connectivity index (χ0n) is 16.6. The van der Waals surface area contributed by atoms with Crippen LogP contribution in [0.5, 0.6) is 5.75 Å². The van der Waals surface area contributed by atoms with Gasteiger partial charge in [-0.2, -0.15) is 4.31 Å². The molecule has 11 heteroatoms. The lowest BCUT2D eigenvalue weighted by atomic mass is 10.2. The lowest BCUT2D eigenvalue weighted by molar-refractivity contribution is -0.274. The molecule has 1 fully saturated rings. The van der Waals surface area contributed by atoms with E-state index in [4.69, 9.17) is 4.42 Å². The zero-order valence-corrected chi connectivity index (χ0v) is 17.4. The summed E-state index contributed by atoms with van der Waals surface area (Å²) in [6.45, 7) is -0.120. The number of rotatable bonds is 6. The van der Waals surface area contributed by atoms with Crippen LogP contribution in [0.15, 0.2) is 64.1 Å². The van der Waals surface area contributed by atoms with Crippen LogP contribution in [0.4, 0.5) is 13.2 Å². The van der Waals surface area contributed by atoms with E-state index in [0.29, 0.717) is 17.4 Å². The monoisotopic (exact) mass is 468 g/mol. The number of hydrogen-bond donors (Lipinski definition) is 1. The number of sulfonamides is 1. The van der Waals surface area contributed by atoms with Crippen LogP contribution in [0.1, 0.15) is 18.4 Å². The van der Waals surface area contributed by atoms with E-state index in [1.54, 1.807) is 24.3 Å². The molecule has 0 radical (unpaired) electrons. The molecular formula is C21H19F3N2O5S. The fourth-order valence-corrected chi connectivity index (χ4v) is 5.27. The van der Waals surface area contributed by atoms with Crippen molar-refractivity contribution >= 4 is 26.9 Å². The third-order valence-corrected chi connectivity index (χ3v) is 6.89. The molecule has 1 N–H and O–H groups in total. The summed E-state index contributed by atoms with van der Waals surface area (Å²) in [4.78, 5) is 12.8. The Hall–Kier alpha value is -3.05. The number of carbonyl (C=O) groups is 1. The van der Waals surface area contributed by atoms with Crippen LogP contribution in [0.25, 0.3) is 11.0 Å². The van der Waals surface area contributed by atoms with E-state index >= 15 is 0 Å². The molecule has 3 aromatic rings. The fourth-order valence-electron chi connectivity index (χ4n) is 3.66. The summed E-state index contributed by atoms with van der Waals surface area (Å²) in [5.74, 6) is -1.04. The Morgan fingerprint density at radius 2 is 1.88 bits per heavy atom. The number of para-hydroxylation sites is 2. The smallest absolute Gasteiger partial charge is 0.443 e. The van der Waals surface area contributed by atoms with Gasteiger partial charge < -0.3 is 14.5 Å². The molecule has 32 heavy (non-hydrogen) atoms. The summed E-state index contributed by atoms with van der Waals surface area (Å²) in [5, 5.41) is 2.88. The van der Waals surface area contributed by atoms with Crippen LogP contribution in [-0.2, 0) is 21.4 Å². The quantitative estimate of drug-likeness (QED) is 0.595. The van der Waals surface area contributed by atoms with Gasteiger partial charge in [0.05, 0.1) is 0 Å². The van der Waals surface area contributed by atoms with Crippen LogP contribution < -0.4 is 10.1 Å². The minimum absolute atomic E-state index is 0.114. The second kappa shape index (κ2) is 8.47. The Morgan fingerprint density at radius 1 is 1.16 bits per heavy atom. The Bertz CT molecular complexity index is 1210. The molecule has 1 amide bonds. The number of alkyl halides is 3. The van der Waals surface area contributed by atoms with Crippen LogP contribution >= 0.6 is 0 Å². The molecule has 0 aliphatic carbocycles. The minimum atomic E-state index is -4.87. The maximum atomic E-state index is 13.1. The summed E-state index contributed by atoms with van der Waals surface area (Å²) in [6, 6.07) is 12.7. The van der Waals surface area contributed by atoms with Crippen LogP contribution in [0.3, 0.4) is 0 Å². The van der Waals surface area contributed by atoms with E-state index in [1.807, 2.05) is 0 Å². The third-order valence-electron chi connectivity index (χ3n) is 5.12. The number of ether oxygens (including phenoxy) is 1. The maximum absolute atomic E-state index is 13.1.